The first-order valence-corrected chi connectivity index (χ1v) is 9.05. The molecule has 0 N–H and O–H groups in total. The fourth-order valence-corrected chi connectivity index (χ4v) is 4.56. The van der Waals surface area contributed by atoms with E-state index in [0.29, 0.717) is 24.5 Å². The number of hydrogen-bond acceptors (Lipinski definition) is 4. The number of hydrogen-bond donors (Lipinski definition) is 0. The Kier molecular flexibility index (Phi) is 4.13. The first-order chi connectivity index (χ1) is 11.2. The number of esters is 1. The Hall–Kier alpha value is -1.58. The summed E-state index contributed by atoms with van der Waals surface area (Å²) >= 11 is 0. The lowest BCUT2D eigenvalue weighted by Gasteiger charge is -2.55. The SMILES string of the molecule is Cc1coc2c1CC1(C)C(C)CCCC1(OC(=O)CC(C)C)C2=O. The van der Waals surface area contributed by atoms with Gasteiger partial charge >= 0.3 is 5.97 Å². The highest BCUT2D eigenvalue weighted by Gasteiger charge is 2.64. The summed E-state index contributed by atoms with van der Waals surface area (Å²) in [4.78, 5) is 25.9. The minimum atomic E-state index is -1.08. The Morgan fingerprint density at radius 2 is 2.17 bits per heavy atom. The van der Waals surface area contributed by atoms with Crippen LogP contribution in [0.15, 0.2) is 10.7 Å². The van der Waals surface area contributed by atoms with Crippen molar-refractivity contribution in [2.24, 2.45) is 17.3 Å². The molecule has 0 bridgehead atoms. The first-order valence-electron chi connectivity index (χ1n) is 9.05. The van der Waals surface area contributed by atoms with Crippen molar-refractivity contribution in [3.8, 4) is 0 Å². The van der Waals surface area contributed by atoms with E-state index in [1.807, 2.05) is 20.8 Å². The quantitative estimate of drug-likeness (QED) is 0.766. The number of carbonyl (C=O) groups excluding carboxylic acids is 2. The largest absolute Gasteiger partial charge is 0.460 e. The smallest absolute Gasteiger partial charge is 0.307 e. The van der Waals surface area contributed by atoms with Gasteiger partial charge in [0.05, 0.1) is 6.26 Å². The lowest BCUT2D eigenvalue weighted by atomic mass is 9.52. The standard InChI is InChI=1S/C20H28O4/c1-12(2)9-16(21)24-20-8-6-7-14(4)19(20,5)10-15-13(3)11-23-17(15)18(20)22/h11-12,14H,6-10H2,1-5H3. The minimum absolute atomic E-state index is 0.136. The van der Waals surface area contributed by atoms with Crippen molar-refractivity contribution < 1.29 is 18.7 Å². The lowest BCUT2D eigenvalue weighted by molar-refractivity contribution is -0.181. The average molecular weight is 332 g/mol. The van der Waals surface area contributed by atoms with E-state index in [9.17, 15) is 9.59 Å². The number of ketones is 1. The molecule has 2 aliphatic carbocycles. The van der Waals surface area contributed by atoms with Crippen LogP contribution in [0, 0.1) is 24.2 Å². The summed E-state index contributed by atoms with van der Waals surface area (Å²) in [7, 11) is 0. The molecule has 0 aliphatic heterocycles. The van der Waals surface area contributed by atoms with E-state index in [1.54, 1.807) is 6.26 Å². The van der Waals surface area contributed by atoms with Crippen LogP contribution >= 0.6 is 0 Å². The van der Waals surface area contributed by atoms with Crippen LogP contribution in [-0.4, -0.2) is 17.4 Å². The van der Waals surface area contributed by atoms with Crippen molar-refractivity contribution in [3.05, 3.63) is 23.2 Å². The number of aryl methyl sites for hydroxylation is 1. The Labute approximate surface area is 143 Å². The highest BCUT2D eigenvalue weighted by Crippen LogP contribution is 2.56. The van der Waals surface area contributed by atoms with Gasteiger partial charge in [0.1, 0.15) is 0 Å². The predicted molar refractivity (Wildman–Crippen MR) is 90.9 cm³/mol. The Bertz CT molecular complexity index is 671. The maximum Gasteiger partial charge on any atom is 0.307 e. The maximum atomic E-state index is 13.4. The second-order valence-corrected chi connectivity index (χ2v) is 8.34. The summed E-state index contributed by atoms with van der Waals surface area (Å²) in [6, 6.07) is 0. The topological polar surface area (TPSA) is 56.5 Å². The monoisotopic (exact) mass is 332 g/mol. The number of ether oxygens (including phenoxy) is 1. The van der Waals surface area contributed by atoms with E-state index >= 15 is 0 Å². The number of carbonyl (C=O) groups is 2. The van der Waals surface area contributed by atoms with E-state index in [1.165, 1.54) is 0 Å². The molecule has 0 radical (unpaired) electrons. The van der Waals surface area contributed by atoms with Crippen LogP contribution in [0.5, 0.6) is 0 Å². The van der Waals surface area contributed by atoms with Gasteiger partial charge in [-0.25, -0.2) is 0 Å². The zero-order valence-corrected chi connectivity index (χ0v) is 15.4. The van der Waals surface area contributed by atoms with Crippen LogP contribution in [0.1, 0.15) is 75.1 Å². The van der Waals surface area contributed by atoms with Gasteiger partial charge in [-0.2, -0.15) is 0 Å². The highest BCUT2D eigenvalue weighted by molar-refractivity contribution is 6.04. The van der Waals surface area contributed by atoms with Crippen molar-refractivity contribution in [1.82, 2.24) is 0 Å². The molecular weight excluding hydrogens is 304 g/mol. The number of fused-ring (bicyclic) bond motifs is 2. The van der Waals surface area contributed by atoms with E-state index in [4.69, 9.17) is 9.15 Å². The average Bonchev–Trinajstić information content (AvgIpc) is 2.83. The van der Waals surface area contributed by atoms with Crippen molar-refractivity contribution in [2.45, 2.75) is 72.3 Å². The third kappa shape index (κ3) is 2.34. The van der Waals surface area contributed by atoms with E-state index in [2.05, 4.69) is 13.8 Å². The van der Waals surface area contributed by atoms with Crippen LogP contribution in [0.25, 0.3) is 0 Å². The second-order valence-electron chi connectivity index (χ2n) is 8.34. The third-order valence-electron chi connectivity index (χ3n) is 6.26. The zero-order chi connectivity index (χ0) is 17.7. The van der Waals surface area contributed by atoms with Gasteiger partial charge in [0.15, 0.2) is 11.4 Å². The van der Waals surface area contributed by atoms with Crippen LogP contribution < -0.4 is 0 Å². The van der Waals surface area contributed by atoms with Crippen molar-refractivity contribution in [3.63, 3.8) is 0 Å². The van der Waals surface area contributed by atoms with Gasteiger partial charge in [0.25, 0.3) is 0 Å². The number of rotatable bonds is 3. The molecule has 132 valence electrons. The fourth-order valence-electron chi connectivity index (χ4n) is 4.56. The Morgan fingerprint density at radius 1 is 1.46 bits per heavy atom. The summed E-state index contributed by atoms with van der Waals surface area (Å²) in [5.41, 5.74) is 0.552. The van der Waals surface area contributed by atoms with Crippen molar-refractivity contribution >= 4 is 11.8 Å². The molecule has 0 spiro atoms. The molecule has 1 heterocycles. The molecule has 3 rings (SSSR count). The molecule has 1 aromatic heterocycles. The van der Waals surface area contributed by atoms with Crippen molar-refractivity contribution in [2.75, 3.05) is 0 Å². The fraction of sp³-hybridized carbons (Fsp3) is 0.700. The van der Waals surface area contributed by atoms with Gasteiger partial charge in [-0.3, -0.25) is 9.59 Å². The Balaban J connectivity index is 2.08. The maximum absolute atomic E-state index is 13.4. The molecule has 2 aliphatic rings. The second kappa shape index (κ2) is 5.75. The third-order valence-corrected chi connectivity index (χ3v) is 6.26. The highest BCUT2D eigenvalue weighted by atomic mass is 16.6. The summed E-state index contributed by atoms with van der Waals surface area (Å²) in [5, 5.41) is 0. The first kappa shape index (κ1) is 17.2. The lowest BCUT2D eigenvalue weighted by Crippen LogP contribution is -2.63. The van der Waals surface area contributed by atoms with Gasteiger partial charge in [-0.15, -0.1) is 0 Å². The molecule has 4 heteroatoms. The van der Waals surface area contributed by atoms with Crippen LogP contribution in [-0.2, 0) is 16.0 Å². The van der Waals surface area contributed by atoms with Gasteiger partial charge in [0.2, 0.25) is 5.78 Å². The Morgan fingerprint density at radius 3 is 2.83 bits per heavy atom. The molecule has 24 heavy (non-hydrogen) atoms. The molecule has 4 nitrogen and oxygen atoms in total. The molecule has 1 aromatic rings. The van der Waals surface area contributed by atoms with E-state index in [-0.39, 0.29) is 23.1 Å². The minimum Gasteiger partial charge on any atom is -0.460 e. The normalized spacial score (nSPS) is 32.4. The number of Topliss-reactive ketones (excluding diaryl/α,β-unsaturated/α-hetero) is 1. The summed E-state index contributed by atoms with van der Waals surface area (Å²) in [6.07, 6.45) is 5.26. The van der Waals surface area contributed by atoms with Gasteiger partial charge < -0.3 is 9.15 Å². The van der Waals surface area contributed by atoms with Crippen LogP contribution in [0.2, 0.25) is 0 Å². The summed E-state index contributed by atoms with van der Waals surface area (Å²) in [6.45, 7) is 10.2. The molecule has 3 unspecified atom stereocenters. The van der Waals surface area contributed by atoms with Crippen LogP contribution in [0.4, 0.5) is 0 Å². The molecular formula is C20H28O4. The predicted octanol–water partition coefficient (Wildman–Crippen LogP) is 4.48. The molecule has 1 saturated carbocycles. The van der Waals surface area contributed by atoms with Gasteiger partial charge in [-0.1, -0.05) is 27.7 Å². The molecule has 0 aromatic carbocycles. The summed E-state index contributed by atoms with van der Waals surface area (Å²) < 4.78 is 11.6. The zero-order valence-electron chi connectivity index (χ0n) is 15.4. The summed E-state index contributed by atoms with van der Waals surface area (Å²) in [5.74, 6) is 0.510. The van der Waals surface area contributed by atoms with E-state index in [0.717, 1.165) is 30.4 Å². The number of furan rings is 1. The van der Waals surface area contributed by atoms with Crippen LogP contribution in [0.3, 0.4) is 0 Å². The molecule has 0 saturated heterocycles. The molecule has 0 amide bonds. The van der Waals surface area contributed by atoms with Crippen molar-refractivity contribution in [1.29, 1.82) is 0 Å². The van der Waals surface area contributed by atoms with Gasteiger partial charge in [0, 0.05) is 17.4 Å². The molecule has 1 fully saturated rings. The molecule has 3 atom stereocenters. The van der Waals surface area contributed by atoms with Gasteiger partial charge in [-0.05, 0) is 50.0 Å². The van der Waals surface area contributed by atoms with E-state index < -0.39 is 5.60 Å².